The van der Waals surface area contributed by atoms with Crippen LogP contribution in [0.25, 0.3) is 0 Å². The highest BCUT2D eigenvalue weighted by molar-refractivity contribution is 5.95. The Hall–Kier alpha value is -4.40. The van der Waals surface area contributed by atoms with Gasteiger partial charge >= 0.3 is 5.97 Å². The molecule has 1 aromatic carbocycles. The number of guanidine groups is 1. The van der Waals surface area contributed by atoms with E-state index in [1.54, 1.807) is 39.8 Å². The number of phenolic OH excluding ortho intramolecular Hbond substituents is 1. The van der Waals surface area contributed by atoms with Crippen molar-refractivity contribution >= 4 is 35.6 Å². The Balaban J connectivity index is 3.15. The molecule has 12 N–H and O–H groups in total. The lowest BCUT2D eigenvalue weighted by atomic mass is 9.97. The maximum absolute atomic E-state index is 13.6. The van der Waals surface area contributed by atoms with E-state index >= 15 is 0 Å². The molecule has 0 saturated heterocycles. The molecule has 0 aromatic heterocycles. The Labute approximate surface area is 270 Å². The van der Waals surface area contributed by atoms with Crippen molar-refractivity contribution in [2.75, 3.05) is 6.54 Å². The van der Waals surface area contributed by atoms with Crippen LogP contribution in [-0.4, -0.2) is 82.5 Å². The Bertz CT molecular complexity index is 1200. The number of carboxylic acid groups (broad SMARTS) is 1. The van der Waals surface area contributed by atoms with Gasteiger partial charge in [-0.1, -0.05) is 53.7 Å². The average molecular weight is 649 g/mol. The number of rotatable bonds is 19. The van der Waals surface area contributed by atoms with Crippen molar-refractivity contribution in [3.63, 3.8) is 0 Å². The predicted octanol–water partition coefficient (Wildman–Crippen LogP) is -0.302. The molecule has 0 heterocycles. The fraction of sp³-hybridized carbons (Fsp3) is 0.613. The lowest BCUT2D eigenvalue weighted by molar-refractivity contribution is -0.143. The minimum Gasteiger partial charge on any atom is -0.508 e. The third-order valence-corrected chi connectivity index (χ3v) is 7.13. The van der Waals surface area contributed by atoms with Gasteiger partial charge in [-0.15, -0.1) is 0 Å². The number of carboxylic acids is 1. The molecule has 0 fully saturated rings. The molecule has 1 rings (SSSR count). The quantitative estimate of drug-likeness (QED) is 0.0537. The number of phenols is 1. The molecular formula is C31H52N8O7. The van der Waals surface area contributed by atoms with Crippen molar-refractivity contribution in [2.24, 2.45) is 39.9 Å². The molecule has 0 aliphatic carbocycles. The first-order valence-corrected chi connectivity index (χ1v) is 15.5. The van der Waals surface area contributed by atoms with E-state index in [9.17, 15) is 34.2 Å². The number of nitrogens with zero attached hydrogens (tertiary/aromatic N) is 1. The molecule has 5 atom stereocenters. The summed E-state index contributed by atoms with van der Waals surface area (Å²) in [4.78, 5) is 68.8. The first-order chi connectivity index (χ1) is 21.4. The molecule has 15 heteroatoms. The number of aromatic hydroxyl groups is 1. The predicted molar refractivity (Wildman–Crippen MR) is 174 cm³/mol. The van der Waals surface area contributed by atoms with Gasteiger partial charge in [-0.2, -0.15) is 0 Å². The summed E-state index contributed by atoms with van der Waals surface area (Å²) >= 11 is 0. The van der Waals surface area contributed by atoms with Crippen molar-refractivity contribution in [1.29, 1.82) is 0 Å². The van der Waals surface area contributed by atoms with Crippen molar-refractivity contribution < 1.29 is 34.2 Å². The van der Waals surface area contributed by atoms with Crippen LogP contribution in [0.3, 0.4) is 0 Å². The van der Waals surface area contributed by atoms with Gasteiger partial charge in [-0.25, -0.2) is 4.79 Å². The van der Waals surface area contributed by atoms with E-state index in [0.717, 1.165) is 0 Å². The summed E-state index contributed by atoms with van der Waals surface area (Å²) < 4.78 is 0. The van der Waals surface area contributed by atoms with Gasteiger partial charge in [0.05, 0.1) is 6.04 Å². The summed E-state index contributed by atoms with van der Waals surface area (Å²) in [6.45, 7) is 10.8. The first kappa shape index (κ1) is 39.6. The number of carbonyl (C=O) groups excluding carboxylic acids is 4. The minimum absolute atomic E-state index is 0.00304. The van der Waals surface area contributed by atoms with Crippen molar-refractivity contribution in [1.82, 2.24) is 21.3 Å². The highest BCUT2D eigenvalue weighted by Gasteiger charge is 2.34. The summed E-state index contributed by atoms with van der Waals surface area (Å²) in [7, 11) is 0. The zero-order valence-corrected chi connectivity index (χ0v) is 27.6. The molecule has 15 nitrogen and oxygen atoms in total. The molecule has 0 bridgehead atoms. The number of hydrogen-bond acceptors (Lipinski definition) is 8. The average Bonchev–Trinajstić information content (AvgIpc) is 2.95. The van der Waals surface area contributed by atoms with Crippen LogP contribution in [0.4, 0.5) is 0 Å². The van der Waals surface area contributed by atoms with Gasteiger partial charge in [0.25, 0.3) is 0 Å². The second-order valence-corrected chi connectivity index (χ2v) is 12.5. The van der Waals surface area contributed by atoms with E-state index in [2.05, 4.69) is 26.3 Å². The summed E-state index contributed by atoms with van der Waals surface area (Å²) in [5, 5.41) is 29.8. The van der Waals surface area contributed by atoms with Crippen molar-refractivity contribution in [3.8, 4) is 5.75 Å². The van der Waals surface area contributed by atoms with E-state index in [1.807, 2.05) is 13.8 Å². The van der Waals surface area contributed by atoms with Crippen LogP contribution in [0.2, 0.25) is 0 Å². The highest BCUT2D eigenvalue weighted by atomic mass is 16.4. The van der Waals surface area contributed by atoms with Gasteiger partial charge < -0.3 is 48.7 Å². The maximum Gasteiger partial charge on any atom is 0.326 e. The van der Waals surface area contributed by atoms with Crippen LogP contribution in [0.15, 0.2) is 29.3 Å². The molecule has 4 amide bonds. The second kappa shape index (κ2) is 19.2. The Morgan fingerprint density at radius 3 is 1.74 bits per heavy atom. The van der Waals surface area contributed by atoms with E-state index in [4.69, 9.17) is 17.2 Å². The van der Waals surface area contributed by atoms with Crippen LogP contribution in [0, 0.1) is 17.8 Å². The van der Waals surface area contributed by atoms with Gasteiger partial charge in [-0.3, -0.25) is 24.2 Å². The normalized spacial score (nSPS) is 14.5. The van der Waals surface area contributed by atoms with Crippen LogP contribution in [-0.2, 0) is 30.4 Å². The minimum atomic E-state index is -1.18. The van der Waals surface area contributed by atoms with Crippen molar-refractivity contribution in [3.05, 3.63) is 29.8 Å². The molecule has 0 aliphatic rings. The molecule has 0 aliphatic heterocycles. The van der Waals surface area contributed by atoms with Gasteiger partial charge in [-0.05, 0) is 54.7 Å². The first-order valence-electron chi connectivity index (χ1n) is 15.5. The molecule has 258 valence electrons. The largest absolute Gasteiger partial charge is 0.508 e. The van der Waals surface area contributed by atoms with Gasteiger partial charge in [0.15, 0.2) is 5.96 Å². The Morgan fingerprint density at radius 1 is 0.761 bits per heavy atom. The molecule has 0 radical (unpaired) electrons. The van der Waals surface area contributed by atoms with E-state index in [-0.39, 0.29) is 43.4 Å². The van der Waals surface area contributed by atoms with Gasteiger partial charge in [0.1, 0.15) is 29.9 Å². The van der Waals surface area contributed by atoms with Crippen LogP contribution in [0.5, 0.6) is 5.75 Å². The fourth-order valence-corrected chi connectivity index (χ4v) is 4.53. The third kappa shape index (κ3) is 14.1. The zero-order valence-electron chi connectivity index (χ0n) is 27.6. The summed E-state index contributed by atoms with van der Waals surface area (Å²) in [5.41, 5.74) is 17.3. The van der Waals surface area contributed by atoms with E-state index in [1.165, 1.54) is 12.1 Å². The van der Waals surface area contributed by atoms with E-state index < -0.39 is 71.6 Å². The summed E-state index contributed by atoms with van der Waals surface area (Å²) in [6, 6.07) is 0.643. The maximum atomic E-state index is 13.6. The van der Waals surface area contributed by atoms with E-state index in [0.29, 0.717) is 12.0 Å². The van der Waals surface area contributed by atoms with Crippen LogP contribution in [0.1, 0.15) is 66.4 Å². The SMILES string of the molecule is CC(C)C[C@H](NC(=O)[C@@H](NC(=O)[C@@H](NC(=O)[C@H](Cc1ccc(O)cc1)NC(=O)[C@@H](N)CCCN=C(N)N)C(C)C)C(C)C)C(=O)O. The molecule has 0 unspecified atom stereocenters. The summed E-state index contributed by atoms with van der Waals surface area (Å²) in [6.07, 6.45) is 0.894. The third-order valence-electron chi connectivity index (χ3n) is 7.13. The van der Waals surface area contributed by atoms with Crippen molar-refractivity contribution in [2.45, 2.75) is 97.4 Å². The molecular weight excluding hydrogens is 596 g/mol. The van der Waals surface area contributed by atoms with Gasteiger partial charge in [0, 0.05) is 13.0 Å². The zero-order chi connectivity index (χ0) is 35.1. The lowest BCUT2D eigenvalue weighted by Crippen LogP contribution is -2.60. The van der Waals surface area contributed by atoms with Gasteiger partial charge in [0.2, 0.25) is 23.6 Å². The number of carbonyl (C=O) groups is 5. The lowest BCUT2D eigenvalue weighted by Gasteiger charge is -2.29. The number of aliphatic carboxylic acids is 1. The Kier molecular flexibility index (Phi) is 16.5. The van der Waals surface area contributed by atoms with Crippen LogP contribution < -0.4 is 38.5 Å². The smallest absolute Gasteiger partial charge is 0.326 e. The standard InChI is InChI=1S/C31H52N8O7/c1-16(2)14-23(30(45)46)37-28(43)24(17(3)4)39-29(44)25(18(5)6)38-27(42)22(15-19-9-11-20(40)12-10-19)36-26(41)21(32)8-7-13-35-31(33)34/h9-12,16-18,21-25,40H,7-8,13-15,32H2,1-6H3,(H,36,41)(H,37,43)(H,38,42)(H,39,44)(H,45,46)(H4,33,34,35)/t21-,22-,23-,24-,25-/m0/s1. The summed E-state index contributed by atoms with van der Waals surface area (Å²) in [5.74, 6) is -4.65. The number of benzene rings is 1. The Morgan fingerprint density at radius 2 is 1.26 bits per heavy atom. The molecule has 0 saturated carbocycles. The fourth-order valence-electron chi connectivity index (χ4n) is 4.53. The second-order valence-electron chi connectivity index (χ2n) is 12.5. The monoisotopic (exact) mass is 648 g/mol. The van der Waals surface area contributed by atoms with Crippen LogP contribution >= 0.6 is 0 Å². The number of aliphatic imine (C=N–C) groups is 1. The number of nitrogens with one attached hydrogen (secondary N) is 4. The molecule has 46 heavy (non-hydrogen) atoms. The number of nitrogens with two attached hydrogens (primary N) is 3. The topological polar surface area (TPSA) is 264 Å². The molecule has 1 aromatic rings. The molecule has 0 spiro atoms. The highest BCUT2D eigenvalue weighted by Crippen LogP contribution is 2.13. The number of hydrogen-bond donors (Lipinski definition) is 9. The number of amides is 4.